The second-order valence-corrected chi connectivity index (χ2v) is 5.57. The topological polar surface area (TPSA) is 46.5 Å². The van der Waals surface area contributed by atoms with Gasteiger partial charge in [0.2, 0.25) is 0 Å². The zero-order valence-electron chi connectivity index (χ0n) is 12.2. The van der Waals surface area contributed by atoms with E-state index in [1.165, 1.54) is 16.7 Å². The van der Waals surface area contributed by atoms with Crippen molar-refractivity contribution >= 4 is 5.97 Å². The van der Waals surface area contributed by atoms with Crippen molar-refractivity contribution in [3.8, 4) is 5.75 Å². The Balaban J connectivity index is 1.94. The quantitative estimate of drug-likeness (QED) is 0.903. The van der Waals surface area contributed by atoms with Gasteiger partial charge in [-0.2, -0.15) is 0 Å². The van der Waals surface area contributed by atoms with Crippen LogP contribution < -0.4 is 4.74 Å². The summed E-state index contributed by atoms with van der Waals surface area (Å²) < 4.78 is 6.17. The molecule has 108 valence electrons. The number of ether oxygens (including phenoxy) is 1. The summed E-state index contributed by atoms with van der Waals surface area (Å²) in [5.74, 6) is 0.0621. The van der Waals surface area contributed by atoms with Crippen molar-refractivity contribution in [2.24, 2.45) is 0 Å². The molecule has 3 nitrogen and oxygen atoms in total. The fourth-order valence-corrected chi connectivity index (χ4v) is 2.80. The van der Waals surface area contributed by atoms with Crippen LogP contribution in [0.15, 0.2) is 36.4 Å². The molecule has 1 aliphatic heterocycles. The van der Waals surface area contributed by atoms with Crippen LogP contribution in [0.25, 0.3) is 0 Å². The number of benzene rings is 2. The molecule has 0 bridgehead atoms. The first-order valence-electron chi connectivity index (χ1n) is 7.15. The lowest BCUT2D eigenvalue weighted by molar-refractivity contribution is 0.0696. The number of fused-ring (bicyclic) bond motifs is 1. The molecule has 3 rings (SSSR count). The molecule has 2 aromatic rings. The molecule has 2 aromatic carbocycles. The van der Waals surface area contributed by atoms with E-state index in [0.29, 0.717) is 5.56 Å². The van der Waals surface area contributed by atoms with Gasteiger partial charge >= 0.3 is 5.97 Å². The summed E-state index contributed by atoms with van der Waals surface area (Å²) in [4.78, 5) is 11.1. The lowest BCUT2D eigenvalue weighted by Gasteiger charge is -2.28. The van der Waals surface area contributed by atoms with Gasteiger partial charge in [0.05, 0.1) is 5.56 Å². The molecule has 1 aliphatic rings. The van der Waals surface area contributed by atoms with Crippen LogP contribution in [0, 0.1) is 13.8 Å². The molecule has 0 aromatic heterocycles. The second kappa shape index (κ2) is 5.24. The lowest BCUT2D eigenvalue weighted by Crippen LogP contribution is -2.16. The van der Waals surface area contributed by atoms with E-state index >= 15 is 0 Å². The maximum absolute atomic E-state index is 11.1. The summed E-state index contributed by atoms with van der Waals surface area (Å²) in [5, 5.41) is 9.11. The molecule has 1 heterocycles. The van der Waals surface area contributed by atoms with Gasteiger partial charge in [0.25, 0.3) is 0 Å². The molecule has 0 spiro atoms. The third kappa shape index (κ3) is 2.51. The van der Waals surface area contributed by atoms with Crippen molar-refractivity contribution in [2.75, 3.05) is 0 Å². The molecule has 0 fully saturated rings. The number of carbonyl (C=O) groups is 1. The summed E-state index contributed by atoms with van der Waals surface area (Å²) in [6.45, 7) is 4.15. The van der Waals surface area contributed by atoms with Crippen molar-refractivity contribution in [3.63, 3.8) is 0 Å². The van der Waals surface area contributed by atoms with E-state index in [0.717, 1.165) is 24.2 Å². The van der Waals surface area contributed by atoms with E-state index in [9.17, 15) is 4.79 Å². The van der Waals surface area contributed by atoms with Crippen molar-refractivity contribution in [2.45, 2.75) is 32.8 Å². The highest BCUT2D eigenvalue weighted by molar-refractivity contribution is 5.87. The number of carboxylic acid groups (broad SMARTS) is 1. The SMILES string of the molecule is Cc1ccc2c(c1C)OC(c1cccc(C(=O)O)c1)CC2. The van der Waals surface area contributed by atoms with Crippen molar-refractivity contribution in [3.05, 3.63) is 64.2 Å². The number of hydrogen-bond acceptors (Lipinski definition) is 2. The predicted octanol–water partition coefficient (Wildman–Crippen LogP) is 4.07. The highest BCUT2D eigenvalue weighted by Gasteiger charge is 2.23. The Hall–Kier alpha value is -2.29. The smallest absolute Gasteiger partial charge is 0.335 e. The maximum Gasteiger partial charge on any atom is 0.335 e. The van der Waals surface area contributed by atoms with Gasteiger partial charge in [0.15, 0.2) is 0 Å². The van der Waals surface area contributed by atoms with Crippen molar-refractivity contribution < 1.29 is 14.6 Å². The summed E-state index contributed by atoms with van der Waals surface area (Å²) in [7, 11) is 0. The largest absolute Gasteiger partial charge is 0.485 e. The predicted molar refractivity (Wildman–Crippen MR) is 81.0 cm³/mol. The van der Waals surface area contributed by atoms with Crippen LogP contribution in [0.2, 0.25) is 0 Å². The number of carboxylic acids is 1. The van der Waals surface area contributed by atoms with E-state index in [4.69, 9.17) is 9.84 Å². The van der Waals surface area contributed by atoms with E-state index < -0.39 is 5.97 Å². The Labute approximate surface area is 124 Å². The Morgan fingerprint density at radius 2 is 2.05 bits per heavy atom. The Morgan fingerprint density at radius 1 is 1.24 bits per heavy atom. The van der Waals surface area contributed by atoms with Crippen LogP contribution in [0.1, 0.15) is 45.1 Å². The van der Waals surface area contributed by atoms with Gasteiger partial charge < -0.3 is 9.84 Å². The van der Waals surface area contributed by atoms with Crippen molar-refractivity contribution in [1.29, 1.82) is 0 Å². The highest BCUT2D eigenvalue weighted by Crippen LogP contribution is 2.38. The molecule has 0 radical (unpaired) electrons. The van der Waals surface area contributed by atoms with Crippen LogP contribution >= 0.6 is 0 Å². The second-order valence-electron chi connectivity index (χ2n) is 5.57. The molecule has 0 saturated heterocycles. The summed E-state index contributed by atoms with van der Waals surface area (Å²) >= 11 is 0. The Morgan fingerprint density at radius 3 is 2.81 bits per heavy atom. The highest BCUT2D eigenvalue weighted by atomic mass is 16.5. The molecular weight excluding hydrogens is 264 g/mol. The van der Waals surface area contributed by atoms with E-state index in [2.05, 4.69) is 26.0 Å². The third-order valence-electron chi connectivity index (χ3n) is 4.20. The van der Waals surface area contributed by atoms with Gasteiger partial charge in [0.1, 0.15) is 11.9 Å². The van der Waals surface area contributed by atoms with Gasteiger partial charge in [-0.1, -0.05) is 24.3 Å². The van der Waals surface area contributed by atoms with Gasteiger partial charge in [-0.3, -0.25) is 0 Å². The third-order valence-corrected chi connectivity index (χ3v) is 4.20. The fourth-order valence-electron chi connectivity index (χ4n) is 2.80. The zero-order valence-corrected chi connectivity index (χ0v) is 12.2. The maximum atomic E-state index is 11.1. The van der Waals surface area contributed by atoms with Crippen molar-refractivity contribution in [1.82, 2.24) is 0 Å². The first-order chi connectivity index (χ1) is 10.1. The van der Waals surface area contributed by atoms with Crippen LogP contribution in [0.4, 0.5) is 0 Å². The monoisotopic (exact) mass is 282 g/mol. The Bertz CT molecular complexity index is 704. The van der Waals surface area contributed by atoms with E-state index in [1.807, 2.05) is 6.07 Å². The van der Waals surface area contributed by atoms with Gasteiger partial charge in [-0.25, -0.2) is 4.79 Å². The number of aromatic carboxylic acids is 1. The fraction of sp³-hybridized carbons (Fsp3) is 0.278. The summed E-state index contributed by atoms with van der Waals surface area (Å²) in [5.41, 5.74) is 4.87. The molecule has 3 heteroatoms. The van der Waals surface area contributed by atoms with Crippen LogP contribution in [-0.2, 0) is 6.42 Å². The number of aryl methyl sites for hydroxylation is 2. The standard InChI is InChI=1S/C18H18O3/c1-11-6-7-13-8-9-16(21-17(13)12(11)2)14-4-3-5-15(10-14)18(19)20/h3-7,10,16H,8-9H2,1-2H3,(H,19,20). The average Bonchev–Trinajstić information content (AvgIpc) is 2.51. The minimum atomic E-state index is -0.903. The molecule has 21 heavy (non-hydrogen) atoms. The minimum absolute atomic E-state index is 0.0719. The number of rotatable bonds is 2. The lowest BCUT2D eigenvalue weighted by atomic mass is 9.93. The molecule has 1 unspecified atom stereocenters. The minimum Gasteiger partial charge on any atom is -0.485 e. The van der Waals surface area contributed by atoms with Gasteiger partial charge in [-0.15, -0.1) is 0 Å². The molecule has 0 amide bonds. The molecule has 1 N–H and O–H groups in total. The molecular formula is C18H18O3. The van der Waals surface area contributed by atoms with E-state index in [-0.39, 0.29) is 6.10 Å². The van der Waals surface area contributed by atoms with Crippen LogP contribution in [0.5, 0.6) is 5.75 Å². The van der Waals surface area contributed by atoms with Crippen LogP contribution in [-0.4, -0.2) is 11.1 Å². The first-order valence-corrected chi connectivity index (χ1v) is 7.15. The average molecular weight is 282 g/mol. The van der Waals surface area contributed by atoms with Gasteiger partial charge in [0, 0.05) is 0 Å². The van der Waals surface area contributed by atoms with E-state index in [1.54, 1.807) is 18.2 Å². The summed E-state index contributed by atoms with van der Waals surface area (Å²) in [6.07, 6.45) is 1.76. The Kier molecular flexibility index (Phi) is 3.42. The zero-order chi connectivity index (χ0) is 15.0. The first kappa shape index (κ1) is 13.7. The molecule has 0 saturated carbocycles. The van der Waals surface area contributed by atoms with Gasteiger partial charge in [-0.05, 0) is 61.1 Å². The van der Waals surface area contributed by atoms with Crippen LogP contribution in [0.3, 0.4) is 0 Å². The summed E-state index contributed by atoms with van der Waals surface area (Å²) in [6, 6.07) is 11.3. The normalized spacial score (nSPS) is 17.0. The molecule has 0 aliphatic carbocycles. The molecule has 1 atom stereocenters. The number of hydrogen-bond donors (Lipinski definition) is 1.